The summed E-state index contributed by atoms with van der Waals surface area (Å²) in [7, 11) is -3.89. The summed E-state index contributed by atoms with van der Waals surface area (Å²) in [5.41, 5.74) is 2.48. The van der Waals surface area contributed by atoms with Gasteiger partial charge in [-0.2, -0.15) is 0 Å². The molecule has 4 rings (SSSR count). The highest BCUT2D eigenvalue weighted by atomic mass is 32.2. The molecule has 8 heteroatoms. The molecule has 1 aliphatic rings. The first-order chi connectivity index (χ1) is 14.8. The van der Waals surface area contributed by atoms with E-state index < -0.39 is 10.0 Å². The fraction of sp³-hybridized carbons (Fsp3) is 0.261. The topological polar surface area (TPSA) is 75.7 Å². The van der Waals surface area contributed by atoms with Crippen LogP contribution in [0.2, 0.25) is 0 Å². The number of carbonyl (C=O) groups is 1. The molecule has 1 saturated heterocycles. The Bertz CT molecular complexity index is 1160. The number of hydrogen-bond acceptors (Lipinski definition) is 5. The molecular weight excluding hydrogens is 432 g/mol. The molecule has 31 heavy (non-hydrogen) atoms. The zero-order valence-electron chi connectivity index (χ0n) is 17.3. The van der Waals surface area contributed by atoms with Gasteiger partial charge in [0.15, 0.2) is 0 Å². The van der Waals surface area contributed by atoms with E-state index in [9.17, 15) is 13.2 Å². The Hall–Kier alpha value is -2.68. The second kappa shape index (κ2) is 8.82. The van der Waals surface area contributed by atoms with E-state index in [0.29, 0.717) is 18.8 Å². The van der Waals surface area contributed by atoms with Crippen molar-refractivity contribution in [2.24, 2.45) is 0 Å². The monoisotopic (exact) mass is 456 g/mol. The van der Waals surface area contributed by atoms with Crippen molar-refractivity contribution in [3.63, 3.8) is 0 Å². The van der Waals surface area contributed by atoms with Gasteiger partial charge in [-0.15, -0.1) is 11.3 Å². The summed E-state index contributed by atoms with van der Waals surface area (Å²) in [5.74, 6) is -0.296. The van der Waals surface area contributed by atoms with Crippen LogP contribution in [0.3, 0.4) is 0 Å². The van der Waals surface area contributed by atoms with Crippen LogP contribution in [-0.4, -0.2) is 38.4 Å². The molecule has 0 spiro atoms. The van der Waals surface area contributed by atoms with Gasteiger partial charge in [-0.25, -0.2) is 8.42 Å². The minimum Gasteiger partial charge on any atom is -0.367 e. The Morgan fingerprint density at radius 3 is 2.48 bits per heavy atom. The molecule has 1 amide bonds. The summed E-state index contributed by atoms with van der Waals surface area (Å²) >= 11 is 1.14. The smallest absolute Gasteiger partial charge is 0.265 e. The zero-order valence-corrected chi connectivity index (χ0v) is 18.9. The molecule has 0 bridgehead atoms. The highest BCUT2D eigenvalue weighted by Crippen LogP contribution is 2.30. The average molecular weight is 457 g/mol. The van der Waals surface area contributed by atoms with E-state index in [1.807, 2.05) is 56.3 Å². The van der Waals surface area contributed by atoms with Crippen LogP contribution in [0.1, 0.15) is 33.8 Å². The number of nitrogens with zero attached hydrogens (tertiary/aromatic N) is 1. The number of sulfonamides is 1. The molecule has 0 radical (unpaired) electrons. The predicted molar refractivity (Wildman–Crippen MR) is 122 cm³/mol. The molecule has 3 aromatic rings. The lowest BCUT2D eigenvalue weighted by atomic mass is 10.1. The van der Waals surface area contributed by atoms with Gasteiger partial charge in [0, 0.05) is 12.2 Å². The first-order valence-electron chi connectivity index (χ1n) is 10.00. The van der Waals surface area contributed by atoms with Crippen LogP contribution in [0, 0.1) is 6.92 Å². The van der Waals surface area contributed by atoms with E-state index in [4.69, 9.17) is 4.74 Å². The van der Waals surface area contributed by atoms with Gasteiger partial charge in [-0.1, -0.05) is 48.0 Å². The van der Waals surface area contributed by atoms with Gasteiger partial charge >= 0.3 is 0 Å². The molecule has 1 aromatic heterocycles. The second-order valence-electron chi connectivity index (χ2n) is 7.64. The van der Waals surface area contributed by atoms with Crippen molar-refractivity contribution in [2.75, 3.05) is 17.8 Å². The maximum absolute atomic E-state index is 13.3. The minimum absolute atomic E-state index is 0.00141. The number of thiophene rings is 1. The molecular formula is C23H24N2O4S2. The number of nitrogens with one attached hydrogen (secondary N) is 1. The van der Waals surface area contributed by atoms with Crippen molar-refractivity contribution >= 4 is 33.0 Å². The van der Waals surface area contributed by atoms with Crippen molar-refractivity contribution < 1.29 is 17.9 Å². The first-order valence-corrected chi connectivity index (χ1v) is 12.4. The number of hydrogen-bond donors (Lipinski definition) is 1. The Morgan fingerprint density at radius 2 is 1.77 bits per heavy atom. The van der Waals surface area contributed by atoms with Gasteiger partial charge in [0.1, 0.15) is 15.9 Å². The molecule has 2 atom stereocenters. The summed E-state index contributed by atoms with van der Waals surface area (Å²) in [4.78, 5) is 15.2. The highest BCUT2D eigenvalue weighted by Gasteiger charge is 2.33. The van der Waals surface area contributed by atoms with Gasteiger partial charge in [-0.05, 0) is 43.0 Å². The third-order valence-electron chi connectivity index (χ3n) is 5.14. The fourth-order valence-electron chi connectivity index (χ4n) is 3.61. The Morgan fingerprint density at radius 1 is 1.06 bits per heavy atom. The molecule has 2 heterocycles. The zero-order chi connectivity index (χ0) is 22.0. The SMILES string of the molecule is Cc1ccc(NS(=O)(=O)c2ccsc2C(=O)N2CC(C)OC(c3ccccc3)C2)cc1. The minimum atomic E-state index is -3.89. The molecule has 0 aliphatic carbocycles. The number of carbonyl (C=O) groups excluding carboxylic acids is 1. The lowest BCUT2D eigenvalue weighted by Crippen LogP contribution is -2.46. The maximum atomic E-state index is 13.3. The van der Waals surface area contributed by atoms with Crippen molar-refractivity contribution in [1.82, 2.24) is 4.90 Å². The normalized spacial score (nSPS) is 19.2. The summed E-state index contributed by atoms with van der Waals surface area (Å²) in [6.07, 6.45) is -0.409. The summed E-state index contributed by atoms with van der Waals surface area (Å²) in [6.45, 7) is 4.63. The molecule has 1 fully saturated rings. The van der Waals surface area contributed by atoms with E-state index >= 15 is 0 Å². The first kappa shape index (κ1) is 21.5. The number of amides is 1. The van der Waals surface area contributed by atoms with Crippen LogP contribution in [0.5, 0.6) is 0 Å². The molecule has 2 unspecified atom stereocenters. The van der Waals surface area contributed by atoms with E-state index in [1.165, 1.54) is 6.07 Å². The maximum Gasteiger partial charge on any atom is 0.265 e. The Balaban J connectivity index is 1.57. The van der Waals surface area contributed by atoms with Crippen LogP contribution in [0.25, 0.3) is 0 Å². The standard InChI is InChI=1S/C23H24N2O4S2/c1-16-8-10-19(11-9-16)24-31(27,28)21-12-13-30-22(21)23(26)25-14-17(2)29-20(15-25)18-6-4-3-5-7-18/h3-13,17,20,24H,14-15H2,1-2H3. The molecule has 1 N–H and O–H groups in total. The Labute approximate surface area is 186 Å². The average Bonchev–Trinajstić information content (AvgIpc) is 3.26. The van der Waals surface area contributed by atoms with E-state index in [2.05, 4.69) is 4.72 Å². The molecule has 6 nitrogen and oxygen atoms in total. The van der Waals surface area contributed by atoms with Crippen molar-refractivity contribution in [3.8, 4) is 0 Å². The van der Waals surface area contributed by atoms with Gasteiger partial charge in [-0.3, -0.25) is 9.52 Å². The third kappa shape index (κ3) is 4.81. The number of rotatable bonds is 5. The number of benzene rings is 2. The van der Waals surface area contributed by atoms with E-state index in [1.54, 1.807) is 22.4 Å². The largest absolute Gasteiger partial charge is 0.367 e. The number of anilines is 1. The molecule has 0 saturated carbocycles. The summed E-state index contributed by atoms with van der Waals surface area (Å²) in [5, 5.41) is 1.63. The van der Waals surface area contributed by atoms with Gasteiger partial charge in [0.25, 0.3) is 15.9 Å². The predicted octanol–water partition coefficient (Wildman–Crippen LogP) is 4.46. The van der Waals surface area contributed by atoms with Crippen molar-refractivity contribution in [1.29, 1.82) is 0 Å². The molecule has 2 aromatic carbocycles. The van der Waals surface area contributed by atoms with Crippen LogP contribution in [0.4, 0.5) is 5.69 Å². The Kier molecular flexibility index (Phi) is 6.13. The third-order valence-corrected chi connectivity index (χ3v) is 7.59. The van der Waals surface area contributed by atoms with Crippen LogP contribution in [0.15, 0.2) is 70.9 Å². The lowest BCUT2D eigenvalue weighted by Gasteiger charge is -2.37. The molecule has 162 valence electrons. The summed E-state index contributed by atoms with van der Waals surface area (Å²) in [6, 6.07) is 18.3. The lowest BCUT2D eigenvalue weighted by molar-refractivity contribution is -0.0691. The number of aryl methyl sites for hydroxylation is 1. The van der Waals surface area contributed by atoms with Gasteiger partial charge < -0.3 is 9.64 Å². The van der Waals surface area contributed by atoms with Gasteiger partial charge in [0.05, 0.1) is 12.6 Å². The van der Waals surface area contributed by atoms with E-state index in [-0.39, 0.29) is 27.9 Å². The van der Waals surface area contributed by atoms with Crippen LogP contribution < -0.4 is 4.72 Å². The number of ether oxygens (including phenoxy) is 1. The van der Waals surface area contributed by atoms with Crippen molar-refractivity contribution in [2.45, 2.75) is 31.0 Å². The van der Waals surface area contributed by atoms with Crippen molar-refractivity contribution in [3.05, 3.63) is 82.0 Å². The van der Waals surface area contributed by atoms with Crippen LogP contribution in [-0.2, 0) is 14.8 Å². The van der Waals surface area contributed by atoms with E-state index in [0.717, 1.165) is 22.5 Å². The van der Waals surface area contributed by atoms with Crippen LogP contribution >= 0.6 is 11.3 Å². The van der Waals surface area contributed by atoms with Gasteiger partial charge in [0.2, 0.25) is 0 Å². The molecule has 1 aliphatic heterocycles. The summed E-state index contributed by atoms with van der Waals surface area (Å²) < 4.78 is 34.6. The quantitative estimate of drug-likeness (QED) is 0.615. The second-order valence-corrected chi connectivity index (χ2v) is 10.2. The number of morpholine rings is 1. The highest BCUT2D eigenvalue weighted by molar-refractivity contribution is 7.93. The fourth-order valence-corrected chi connectivity index (χ4v) is 6.06.